The molecule has 0 aromatic heterocycles. The summed E-state index contributed by atoms with van der Waals surface area (Å²) in [5, 5.41) is 18.7. The average molecular weight is 208 g/mol. The van der Waals surface area contributed by atoms with E-state index in [0.717, 1.165) is 11.1 Å². The van der Waals surface area contributed by atoms with Gasteiger partial charge in [0.1, 0.15) is 0 Å². The number of rotatable bonds is 4. The van der Waals surface area contributed by atoms with E-state index >= 15 is 0 Å². The molecule has 1 aromatic carbocycles. The van der Waals surface area contributed by atoms with Gasteiger partial charge in [0.05, 0.1) is 5.60 Å². The van der Waals surface area contributed by atoms with Crippen molar-refractivity contribution in [3.8, 4) is 0 Å². The predicted molar refractivity (Wildman–Crippen MR) is 57.6 cm³/mol. The van der Waals surface area contributed by atoms with E-state index in [1.165, 1.54) is 0 Å². The minimum atomic E-state index is -1.07. The molecule has 82 valence electrons. The van der Waals surface area contributed by atoms with E-state index in [4.69, 9.17) is 5.11 Å². The lowest BCUT2D eigenvalue weighted by atomic mass is 9.88. The summed E-state index contributed by atoms with van der Waals surface area (Å²) in [7, 11) is 0. The Morgan fingerprint density at radius 3 is 2.53 bits per heavy atom. The van der Waals surface area contributed by atoms with Gasteiger partial charge in [0.15, 0.2) is 0 Å². The maximum Gasteiger partial charge on any atom is 0.303 e. The molecule has 1 rings (SSSR count). The van der Waals surface area contributed by atoms with E-state index in [9.17, 15) is 9.90 Å². The van der Waals surface area contributed by atoms with Gasteiger partial charge in [-0.3, -0.25) is 4.79 Å². The molecule has 0 aliphatic rings. The zero-order chi connectivity index (χ0) is 11.5. The van der Waals surface area contributed by atoms with Crippen molar-refractivity contribution >= 4 is 5.97 Å². The highest BCUT2D eigenvalue weighted by molar-refractivity contribution is 5.66. The van der Waals surface area contributed by atoms with Gasteiger partial charge in [-0.05, 0) is 31.4 Å². The molecule has 0 spiro atoms. The van der Waals surface area contributed by atoms with Crippen molar-refractivity contribution in [2.75, 3.05) is 0 Å². The van der Waals surface area contributed by atoms with E-state index in [1.807, 2.05) is 31.2 Å². The molecule has 3 heteroatoms. The van der Waals surface area contributed by atoms with Crippen LogP contribution < -0.4 is 0 Å². The molecule has 1 aromatic rings. The summed E-state index contributed by atoms with van der Waals surface area (Å²) >= 11 is 0. The maximum atomic E-state index is 10.5. The van der Waals surface area contributed by atoms with Crippen LogP contribution >= 0.6 is 0 Å². The molecule has 2 N–H and O–H groups in total. The average Bonchev–Trinajstić information content (AvgIpc) is 2.15. The summed E-state index contributed by atoms with van der Waals surface area (Å²) in [6.07, 6.45) is 0.203. The first-order chi connectivity index (χ1) is 6.93. The van der Waals surface area contributed by atoms with Gasteiger partial charge < -0.3 is 10.2 Å². The molecule has 0 heterocycles. The highest BCUT2D eigenvalue weighted by atomic mass is 16.4. The second kappa shape index (κ2) is 4.45. The fraction of sp³-hybridized carbons (Fsp3) is 0.417. The zero-order valence-corrected chi connectivity index (χ0v) is 9.03. The standard InChI is InChI=1S/C12H16O3/c1-9-5-3-4-6-10(9)12(2,15)8-7-11(13)14/h3-6,15H,7-8H2,1-2H3,(H,13,14). The lowest BCUT2D eigenvalue weighted by Gasteiger charge is -2.24. The van der Waals surface area contributed by atoms with Crippen LogP contribution in [0.3, 0.4) is 0 Å². The second-order valence-electron chi connectivity index (χ2n) is 3.98. The summed E-state index contributed by atoms with van der Waals surface area (Å²) in [4.78, 5) is 10.5. The van der Waals surface area contributed by atoms with Crippen LogP contribution in [0.2, 0.25) is 0 Å². The summed E-state index contributed by atoms with van der Waals surface area (Å²) in [5.74, 6) is -0.885. The Morgan fingerprint density at radius 2 is 2.00 bits per heavy atom. The number of benzene rings is 1. The molecular weight excluding hydrogens is 192 g/mol. The minimum Gasteiger partial charge on any atom is -0.481 e. The molecule has 0 fully saturated rings. The van der Waals surface area contributed by atoms with Crippen molar-refractivity contribution in [3.63, 3.8) is 0 Å². The topological polar surface area (TPSA) is 57.5 Å². The number of carboxylic acids is 1. The van der Waals surface area contributed by atoms with Gasteiger partial charge in [0.2, 0.25) is 0 Å². The first kappa shape index (κ1) is 11.7. The summed E-state index contributed by atoms with van der Waals surface area (Å²) in [6.45, 7) is 3.56. The second-order valence-corrected chi connectivity index (χ2v) is 3.98. The molecule has 1 unspecified atom stereocenters. The fourth-order valence-corrected chi connectivity index (χ4v) is 1.66. The SMILES string of the molecule is Cc1ccccc1C(C)(O)CCC(=O)O. The van der Waals surface area contributed by atoms with E-state index in [1.54, 1.807) is 6.92 Å². The first-order valence-corrected chi connectivity index (χ1v) is 4.94. The van der Waals surface area contributed by atoms with E-state index in [0.29, 0.717) is 0 Å². The molecule has 0 aliphatic heterocycles. The van der Waals surface area contributed by atoms with Crippen molar-refractivity contribution in [2.45, 2.75) is 32.3 Å². The van der Waals surface area contributed by atoms with Crippen LogP contribution in [0.5, 0.6) is 0 Å². The smallest absolute Gasteiger partial charge is 0.303 e. The molecule has 0 amide bonds. The van der Waals surface area contributed by atoms with E-state index < -0.39 is 11.6 Å². The van der Waals surface area contributed by atoms with Crippen molar-refractivity contribution in [2.24, 2.45) is 0 Å². The molecular formula is C12H16O3. The highest BCUT2D eigenvalue weighted by Gasteiger charge is 2.25. The highest BCUT2D eigenvalue weighted by Crippen LogP contribution is 2.28. The van der Waals surface area contributed by atoms with Gasteiger partial charge >= 0.3 is 5.97 Å². The Morgan fingerprint density at radius 1 is 1.40 bits per heavy atom. The lowest BCUT2D eigenvalue weighted by Crippen LogP contribution is -2.23. The van der Waals surface area contributed by atoms with Gasteiger partial charge in [0.25, 0.3) is 0 Å². The predicted octanol–water partition coefficient (Wildman–Crippen LogP) is 2.07. The fourth-order valence-electron chi connectivity index (χ4n) is 1.66. The Balaban J connectivity index is 2.85. The van der Waals surface area contributed by atoms with Crippen LogP contribution in [-0.2, 0) is 10.4 Å². The van der Waals surface area contributed by atoms with E-state index in [2.05, 4.69) is 0 Å². The lowest BCUT2D eigenvalue weighted by molar-refractivity contribution is -0.138. The van der Waals surface area contributed by atoms with Gasteiger partial charge in [-0.2, -0.15) is 0 Å². The van der Waals surface area contributed by atoms with Gasteiger partial charge in [-0.1, -0.05) is 24.3 Å². The Kier molecular flexibility index (Phi) is 3.48. The third-order valence-electron chi connectivity index (χ3n) is 2.55. The van der Waals surface area contributed by atoms with Crippen LogP contribution in [0.4, 0.5) is 0 Å². The summed E-state index contributed by atoms with van der Waals surface area (Å²) < 4.78 is 0. The third kappa shape index (κ3) is 3.06. The van der Waals surface area contributed by atoms with Crippen molar-refractivity contribution in [1.29, 1.82) is 0 Å². The quantitative estimate of drug-likeness (QED) is 0.796. The third-order valence-corrected chi connectivity index (χ3v) is 2.55. The first-order valence-electron chi connectivity index (χ1n) is 4.94. The normalized spacial score (nSPS) is 14.6. The van der Waals surface area contributed by atoms with Crippen LogP contribution in [-0.4, -0.2) is 16.2 Å². The minimum absolute atomic E-state index is 0.0265. The van der Waals surface area contributed by atoms with Crippen LogP contribution in [0.25, 0.3) is 0 Å². The molecule has 0 radical (unpaired) electrons. The van der Waals surface area contributed by atoms with E-state index in [-0.39, 0.29) is 12.8 Å². The zero-order valence-electron chi connectivity index (χ0n) is 9.03. The van der Waals surface area contributed by atoms with Crippen LogP contribution in [0, 0.1) is 6.92 Å². The van der Waals surface area contributed by atoms with Gasteiger partial charge in [-0.15, -0.1) is 0 Å². The molecule has 0 aliphatic carbocycles. The number of carbonyl (C=O) groups is 1. The molecule has 0 saturated heterocycles. The number of aliphatic hydroxyl groups is 1. The Labute approximate surface area is 89.4 Å². The molecule has 15 heavy (non-hydrogen) atoms. The van der Waals surface area contributed by atoms with Crippen molar-refractivity contribution in [1.82, 2.24) is 0 Å². The van der Waals surface area contributed by atoms with Crippen molar-refractivity contribution < 1.29 is 15.0 Å². The van der Waals surface area contributed by atoms with Gasteiger partial charge in [0, 0.05) is 6.42 Å². The number of aryl methyl sites for hydroxylation is 1. The van der Waals surface area contributed by atoms with Crippen LogP contribution in [0.1, 0.15) is 30.9 Å². The summed E-state index contributed by atoms with van der Waals surface area (Å²) in [6, 6.07) is 7.48. The molecule has 3 nitrogen and oxygen atoms in total. The maximum absolute atomic E-state index is 10.5. The number of aliphatic carboxylic acids is 1. The summed E-state index contributed by atoms with van der Waals surface area (Å²) in [5.41, 5.74) is 0.711. The van der Waals surface area contributed by atoms with Crippen molar-refractivity contribution in [3.05, 3.63) is 35.4 Å². The number of hydrogen-bond donors (Lipinski definition) is 2. The van der Waals surface area contributed by atoms with Crippen LogP contribution in [0.15, 0.2) is 24.3 Å². The number of carboxylic acid groups (broad SMARTS) is 1. The monoisotopic (exact) mass is 208 g/mol. The molecule has 0 saturated carbocycles. The Hall–Kier alpha value is -1.35. The van der Waals surface area contributed by atoms with Gasteiger partial charge in [-0.25, -0.2) is 0 Å². The molecule has 0 bridgehead atoms. The number of hydrogen-bond acceptors (Lipinski definition) is 2. The Bertz CT molecular complexity index is 356. The molecule has 1 atom stereocenters. The largest absolute Gasteiger partial charge is 0.481 e.